The Balaban J connectivity index is 2.47. The first-order valence-corrected chi connectivity index (χ1v) is 6.94. The molecule has 0 bridgehead atoms. The zero-order valence-electron chi connectivity index (χ0n) is 11.7. The summed E-state index contributed by atoms with van der Waals surface area (Å²) in [7, 11) is 0. The van der Waals surface area contributed by atoms with E-state index in [0.29, 0.717) is 23.3 Å². The summed E-state index contributed by atoms with van der Waals surface area (Å²) in [5, 5.41) is 21.2. The number of hydrogen-bond donors (Lipinski definition) is 0. The zero-order valence-corrected chi connectivity index (χ0v) is 12.5. The van der Waals surface area contributed by atoms with Crippen molar-refractivity contribution in [2.24, 2.45) is 4.99 Å². The average molecular weight is 301 g/mol. The molecule has 0 amide bonds. The van der Waals surface area contributed by atoms with Crippen LogP contribution in [0.25, 0.3) is 11.1 Å². The van der Waals surface area contributed by atoms with Crippen LogP contribution in [0.5, 0.6) is 0 Å². The maximum atomic E-state index is 9.45. The van der Waals surface area contributed by atoms with Gasteiger partial charge in [-0.25, -0.2) is 4.99 Å². The van der Waals surface area contributed by atoms with Crippen molar-refractivity contribution in [3.05, 3.63) is 71.3 Å². The maximum absolute atomic E-state index is 9.45. The average Bonchev–Trinajstić information content (AvgIpc) is 2.59. The molecule has 0 saturated carbocycles. The zero-order chi connectivity index (χ0) is 15.8. The van der Waals surface area contributed by atoms with Crippen molar-refractivity contribution in [3.63, 3.8) is 0 Å². The predicted molar refractivity (Wildman–Crippen MR) is 89.7 cm³/mol. The maximum Gasteiger partial charge on any atom is 0.101 e. The highest BCUT2D eigenvalue weighted by Gasteiger charge is 2.11. The van der Waals surface area contributed by atoms with Crippen molar-refractivity contribution in [2.45, 2.75) is 6.54 Å². The van der Waals surface area contributed by atoms with Crippen LogP contribution in [0.1, 0.15) is 16.7 Å². The smallest absolute Gasteiger partial charge is 0.101 e. The molecule has 0 saturated heterocycles. The van der Waals surface area contributed by atoms with E-state index in [1.165, 1.54) is 0 Å². The van der Waals surface area contributed by atoms with E-state index in [4.69, 9.17) is 0 Å². The summed E-state index contributed by atoms with van der Waals surface area (Å²) in [6, 6.07) is 20.8. The molecule has 0 aromatic heterocycles. The van der Waals surface area contributed by atoms with E-state index >= 15 is 0 Å². The fraction of sp³-hybridized carbons (Fsp3) is 0.0556. The molecule has 0 heterocycles. The summed E-state index contributed by atoms with van der Waals surface area (Å²) < 4.78 is 0. The quantitative estimate of drug-likeness (QED) is 0.367. The van der Waals surface area contributed by atoms with E-state index < -0.39 is 0 Å². The van der Waals surface area contributed by atoms with E-state index in [1.807, 2.05) is 54.6 Å². The number of isothiocyanates is 1. The second kappa shape index (κ2) is 7.67. The van der Waals surface area contributed by atoms with Crippen LogP contribution in [-0.2, 0) is 6.54 Å². The lowest BCUT2D eigenvalue weighted by Crippen LogP contribution is -1.90. The van der Waals surface area contributed by atoms with E-state index in [-0.39, 0.29) is 0 Å². The van der Waals surface area contributed by atoms with Crippen LogP contribution in [-0.4, -0.2) is 5.16 Å². The molecule has 4 heteroatoms. The number of rotatable bonds is 4. The van der Waals surface area contributed by atoms with E-state index in [1.54, 1.807) is 0 Å². The molecule has 104 valence electrons. The first kappa shape index (κ1) is 15.4. The Bertz CT molecular complexity index is 815. The van der Waals surface area contributed by atoms with Crippen LogP contribution in [0.4, 0.5) is 0 Å². The second-order valence-corrected chi connectivity index (χ2v) is 4.63. The molecule has 2 aromatic carbocycles. The predicted octanol–water partition coefficient (Wildman–Crippen LogP) is 4.25. The first-order valence-electron chi connectivity index (χ1n) is 6.53. The Morgan fingerprint density at radius 1 is 0.864 bits per heavy atom. The van der Waals surface area contributed by atoms with Crippen LogP contribution in [0.15, 0.2) is 59.6 Å². The minimum Gasteiger partial charge on any atom is -0.228 e. The SMILES string of the molecule is N#C/C(=C(/C#N)c1ccc(CN=C=S)cc1)c1ccccc1. The molecule has 0 atom stereocenters. The molecule has 0 N–H and O–H groups in total. The highest BCUT2D eigenvalue weighted by atomic mass is 32.1. The second-order valence-electron chi connectivity index (χ2n) is 4.44. The van der Waals surface area contributed by atoms with Gasteiger partial charge in [-0.1, -0.05) is 54.6 Å². The number of nitriles is 2. The van der Waals surface area contributed by atoms with Crippen molar-refractivity contribution < 1.29 is 0 Å². The van der Waals surface area contributed by atoms with Crippen LogP contribution in [0.3, 0.4) is 0 Å². The molecule has 0 fully saturated rings. The lowest BCUT2D eigenvalue weighted by atomic mass is 9.96. The van der Waals surface area contributed by atoms with Gasteiger partial charge in [0.2, 0.25) is 0 Å². The molecule has 0 aliphatic heterocycles. The Labute approximate surface area is 134 Å². The summed E-state index contributed by atoms with van der Waals surface area (Å²) in [6.07, 6.45) is 0. The Morgan fingerprint density at radius 2 is 1.41 bits per heavy atom. The van der Waals surface area contributed by atoms with Crippen molar-refractivity contribution in [2.75, 3.05) is 0 Å². The minimum atomic E-state index is 0.360. The van der Waals surface area contributed by atoms with Gasteiger partial charge in [-0.3, -0.25) is 0 Å². The highest BCUT2D eigenvalue weighted by Crippen LogP contribution is 2.25. The first-order chi connectivity index (χ1) is 10.8. The van der Waals surface area contributed by atoms with Crippen molar-refractivity contribution in [1.82, 2.24) is 0 Å². The Hall–Kier alpha value is -3.04. The molecule has 0 radical (unpaired) electrons. The largest absolute Gasteiger partial charge is 0.228 e. The number of thiocarbonyl (C=S) groups is 1. The molecule has 2 rings (SSSR count). The minimum absolute atomic E-state index is 0.360. The summed E-state index contributed by atoms with van der Waals surface area (Å²) in [5.74, 6) is 0. The molecule has 0 aliphatic carbocycles. The van der Waals surface area contributed by atoms with Crippen LogP contribution >= 0.6 is 12.2 Å². The molecule has 3 nitrogen and oxygen atoms in total. The number of nitrogens with zero attached hydrogens (tertiary/aromatic N) is 3. The lowest BCUT2D eigenvalue weighted by molar-refractivity contribution is 1.08. The Kier molecular flexibility index (Phi) is 5.35. The van der Waals surface area contributed by atoms with Gasteiger partial charge in [0.15, 0.2) is 0 Å². The van der Waals surface area contributed by atoms with E-state index in [9.17, 15) is 10.5 Å². The van der Waals surface area contributed by atoms with Gasteiger partial charge in [-0.2, -0.15) is 10.5 Å². The number of benzene rings is 2. The van der Waals surface area contributed by atoms with Crippen molar-refractivity contribution in [1.29, 1.82) is 10.5 Å². The summed E-state index contributed by atoms with van der Waals surface area (Å²) >= 11 is 4.54. The summed E-state index contributed by atoms with van der Waals surface area (Å²) in [6.45, 7) is 0.458. The van der Waals surface area contributed by atoms with Gasteiger partial charge < -0.3 is 0 Å². The van der Waals surface area contributed by atoms with Crippen molar-refractivity contribution >= 4 is 28.5 Å². The molecule has 2 aromatic rings. The van der Waals surface area contributed by atoms with Gasteiger partial charge in [-0.05, 0) is 28.9 Å². The number of hydrogen-bond acceptors (Lipinski definition) is 4. The lowest BCUT2D eigenvalue weighted by Gasteiger charge is -2.05. The van der Waals surface area contributed by atoms with Gasteiger partial charge in [0.1, 0.15) is 12.1 Å². The van der Waals surface area contributed by atoms with Crippen LogP contribution in [0, 0.1) is 22.7 Å². The molecule has 0 aliphatic rings. The normalized spacial score (nSPS) is 10.6. The number of allylic oxidation sites excluding steroid dienone is 2. The highest BCUT2D eigenvalue weighted by molar-refractivity contribution is 7.78. The topological polar surface area (TPSA) is 59.9 Å². The molecular weight excluding hydrogens is 290 g/mol. The summed E-state index contributed by atoms with van der Waals surface area (Å²) in [4.78, 5) is 3.87. The standard InChI is InChI=1S/C18H11N3S/c19-10-17(15-4-2-1-3-5-15)18(11-20)16-8-6-14(7-9-16)12-21-13-22/h1-9H,12H2/b18-17+. The van der Waals surface area contributed by atoms with Crippen LogP contribution in [0.2, 0.25) is 0 Å². The van der Waals surface area contributed by atoms with Gasteiger partial charge in [0.25, 0.3) is 0 Å². The van der Waals surface area contributed by atoms with E-state index in [0.717, 1.165) is 11.1 Å². The third-order valence-corrected chi connectivity index (χ3v) is 3.23. The van der Waals surface area contributed by atoms with Gasteiger partial charge in [0.05, 0.1) is 22.9 Å². The van der Waals surface area contributed by atoms with Gasteiger partial charge >= 0.3 is 0 Å². The van der Waals surface area contributed by atoms with Crippen LogP contribution < -0.4 is 0 Å². The third kappa shape index (κ3) is 3.53. The fourth-order valence-electron chi connectivity index (χ4n) is 2.03. The fourth-order valence-corrected chi connectivity index (χ4v) is 2.10. The van der Waals surface area contributed by atoms with Crippen molar-refractivity contribution in [3.8, 4) is 12.1 Å². The molecule has 0 unspecified atom stereocenters. The van der Waals surface area contributed by atoms with Gasteiger partial charge in [-0.15, -0.1) is 0 Å². The van der Waals surface area contributed by atoms with Gasteiger partial charge in [0, 0.05) is 0 Å². The monoisotopic (exact) mass is 301 g/mol. The molecule has 22 heavy (non-hydrogen) atoms. The third-order valence-electron chi connectivity index (χ3n) is 3.10. The molecular formula is C18H11N3S. The number of aliphatic imine (C=N–C) groups is 1. The molecule has 0 spiro atoms. The Morgan fingerprint density at radius 3 is 1.91 bits per heavy atom. The summed E-state index contributed by atoms with van der Waals surface area (Å²) in [5.41, 5.74) is 3.14. The van der Waals surface area contributed by atoms with E-state index in [2.05, 4.69) is 34.5 Å².